The molecule has 0 radical (unpaired) electrons. The van der Waals surface area contributed by atoms with Gasteiger partial charge >= 0.3 is 0 Å². The highest BCUT2D eigenvalue weighted by Crippen LogP contribution is 2.24. The van der Waals surface area contributed by atoms with Gasteiger partial charge in [-0.25, -0.2) is 4.98 Å². The summed E-state index contributed by atoms with van der Waals surface area (Å²) < 4.78 is 7.43. The molecule has 3 aromatic heterocycles. The number of hydrogen-bond acceptors (Lipinski definition) is 5. The second-order valence-corrected chi connectivity index (χ2v) is 5.69. The summed E-state index contributed by atoms with van der Waals surface area (Å²) in [5.74, 6) is 1.24. The zero-order valence-electron chi connectivity index (χ0n) is 11.9. The second kappa shape index (κ2) is 7.04. The lowest BCUT2D eigenvalue weighted by atomic mass is 10.3. The average molecular weight is 316 g/mol. The zero-order valence-corrected chi connectivity index (χ0v) is 12.8. The molecule has 0 bridgehead atoms. The van der Waals surface area contributed by atoms with Gasteiger partial charge in [0.25, 0.3) is 0 Å². The molecule has 0 aliphatic heterocycles. The van der Waals surface area contributed by atoms with Crippen LogP contribution in [-0.2, 0) is 17.9 Å². The van der Waals surface area contributed by atoms with Crippen LogP contribution in [0.15, 0.2) is 46.6 Å². The Bertz CT molecular complexity index is 704. The van der Waals surface area contributed by atoms with E-state index < -0.39 is 0 Å². The number of carbonyl (C=O) groups is 1. The van der Waals surface area contributed by atoms with E-state index in [1.54, 1.807) is 23.7 Å². The van der Waals surface area contributed by atoms with Crippen LogP contribution in [0.25, 0.3) is 10.6 Å². The summed E-state index contributed by atoms with van der Waals surface area (Å²) >= 11 is 1.59. The molecule has 0 aliphatic rings. The van der Waals surface area contributed by atoms with Crippen molar-refractivity contribution in [3.63, 3.8) is 0 Å². The van der Waals surface area contributed by atoms with Gasteiger partial charge in [-0.2, -0.15) is 5.10 Å². The van der Waals surface area contributed by atoms with Gasteiger partial charge < -0.3 is 9.73 Å². The quantitative estimate of drug-likeness (QED) is 0.727. The van der Waals surface area contributed by atoms with Gasteiger partial charge in [-0.1, -0.05) is 6.07 Å². The molecule has 0 spiro atoms. The first-order valence-corrected chi connectivity index (χ1v) is 7.92. The van der Waals surface area contributed by atoms with Crippen LogP contribution in [0.5, 0.6) is 0 Å². The van der Waals surface area contributed by atoms with E-state index in [9.17, 15) is 4.79 Å². The topological polar surface area (TPSA) is 73.0 Å². The Labute approximate surface area is 131 Å². The van der Waals surface area contributed by atoms with Crippen molar-refractivity contribution in [3.8, 4) is 10.6 Å². The summed E-state index contributed by atoms with van der Waals surface area (Å²) in [7, 11) is 0. The monoisotopic (exact) mass is 316 g/mol. The van der Waals surface area contributed by atoms with Gasteiger partial charge in [0.2, 0.25) is 11.8 Å². The normalized spacial score (nSPS) is 10.7. The minimum Gasteiger partial charge on any atom is -0.438 e. The van der Waals surface area contributed by atoms with Crippen molar-refractivity contribution in [1.82, 2.24) is 20.1 Å². The molecule has 3 aromatic rings. The van der Waals surface area contributed by atoms with Gasteiger partial charge in [0.1, 0.15) is 0 Å². The zero-order chi connectivity index (χ0) is 15.2. The minimum atomic E-state index is -0.0111. The summed E-state index contributed by atoms with van der Waals surface area (Å²) in [6.07, 6.45) is 6.51. The molecule has 22 heavy (non-hydrogen) atoms. The molecule has 0 fully saturated rings. The van der Waals surface area contributed by atoms with Crippen LogP contribution in [0.1, 0.15) is 18.7 Å². The Kier molecular flexibility index (Phi) is 4.65. The number of rotatable bonds is 7. The van der Waals surface area contributed by atoms with Crippen molar-refractivity contribution in [2.45, 2.75) is 25.9 Å². The van der Waals surface area contributed by atoms with Crippen LogP contribution < -0.4 is 5.32 Å². The largest absolute Gasteiger partial charge is 0.438 e. The number of carbonyl (C=O) groups excluding carboxylic acids is 1. The third kappa shape index (κ3) is 3.82. The van der Waals surface area contributed by atoms with Crippen molar-refractivity contribution >= 4 is 17.2 Å². The Balaban J connectivity index is 1.41. The van der Waals surface area contributed by atoms with Crippen molar-refractivity contribution in [2.75, 3.05) is 0 Å². The van der Waals surface area contributed by atoms with Gasteiger partial charge in [-0.05, 0) is 23.9 Å². The standard InChI is InChI=1S/C15H16N4O2S/c20-14(5-1-7-19-8-3-6-18-19)16-11-15-17-10-12(21-15)13-4-2-9-22-13/h2-4,6,8-10H,1,5,7,11H2,(H,16,20). The predicted octanol–water partition coefficient (Wildman–Crippen LogP) is 2.70. The summed E-state index contributed by atoms with van der Waals surface area (Å²) in [6.45, 7) is 1.05. The molecule has 0 saturated heterocycles. The Morgan fingerprint density at radius 1 is 1.41 bits per heavy atom. The molecule has 0 aliphatic carbocycles. The van der Waals surface area contributed by atoms with Crippen LogP contribution in [-0.4, -0.2) is 20.7 Å². The summed E-state index contributed by atoms with van der Waals surface area (Å²) in [5.41, 5.74) is 0. The van der Waals surface area contributed by atoms with E-state index in [0.29, 0.717) is 18.9 Å². The number of thiophene rings is 1. The van der Waals surface area contributed by atoms with E-state index in [-0.39, 0.29) is 5.91 Å². The maximum atomic E-state index is 11.8. The number of nitrogens with zero attached hydrogens (tertiary/aromatic N) is 3. The van der Waals surface area contributed by atoms with E-state index in [4.69, 9.17) is 4.42 Å². The van der Waals surface area contributed by atoms with Gasteiger partial charge in [0.15, 0.2) is 5.76 Å². The molecule has 1 amide bonds. The highest BCUT2D eigenvalue weighted by molar-refractivity contribution is 7.13. The number of oxazole rings is 1. The fourth-order valence-electron chi connectivity index (χ4n) is 2.02. The highest BCUT2D eigenvalue weighted by atomic mass is 32.1. The molecule has 0 atom stereocenters. The lowest BCUT2D eigenvalue weighted by Crippen LogP contribution is -2.22. The van der Waals surface area contributed by atoms with Crippen LogP contribution >= 0.6 is 11.3 Å². The van der Waals surface area contributed by atoms with Crippen molar-refractivity contribution in [2.24, 2.45) is 0 Å². The van der Waals surface area contributed by atoms with Gasteiger partial charge in [0, 0.05) is 25.4 Å². The lowest BCUT2D eigenvalue weighted by molar-refractivity contribution is -0.121. The first-order valence-electron chi connectivity index (χ1n) is 7.04. The number of aryl methyl sites for hydroxylation is 1. The van der Waals surface area contributed by atoms with Gasteiger partial charge in [-0.3, -0.25) is 9.48 Å². The van der Waals surface area contributed by atoms with Crippen molar-refractivity contribution in [1.29, 1.82) is 0 Å². The third-order valence-electron chi connectivity index (χ3n) is 3.10. The lowest BCUT2D eigenvalue weighted by Gasteiger charge is -2.03. The van der Waals surface area contributed by atoms with E-state index in [0.717, 1.165) is 23.6 Å². The highest BCUT2D eigenvalue weighted by Gasteiger charge is 2.08. The van der Waals surface area contributed by atoms with E-state index >= 15 is 0 Å². The van der Waals surface area contributed by atoms with E-state index in [1.807, 2.05) is 34.5 Å². The first-order chi connectivity index (χ1) is 10.8. The molecular weight excluding hydrogens is 300 g/mol. The van der Waals surface area contributed by atoms with Gasteiger partial charge in [-0.15, -0.1) is 11.3 Å². The average Bonchev–Trinajstić information content (AvgIpc) is 3.26. The van der Waals surface area contributed by atoms with Crippen LogP contribution in [0.4, 0.5) is 0 Å². The first kappa shape index (κ1) is 14.5. The molecule has 7 heteroatoms. The van der Waals surface area contributed by atoms with Crippen LogP contribution in [0.3, 0.4) is 0 Å². The number of aromatic nitrogens is 3. The molecule has 0 aromatic carbocycles. The molecule has 0 unspecified atom stereocenters. The fraction of sp³-hybridized carbons (Fsp3) is 0.267. The Hall–Kier alpha value is -2.41. The second-order valence-electron chi connectivity index (χ2n) is 4.74. The fourth-order valence-corrected chi connectivity index (χ4v) is 2.69. The van der Waals surface area contributed by atoms with E-state index in [2.05, 4.69) is 15.4 Å². The Morgan fingerprint density at radius 3 is 3.14 bits per heavy atom. The molecular formula is C15H16N4O2S. The molecule has 0 saturated carbocycles. The maximum absolute atomic E-state index is 11.8. The smallest absolute Gasteiger partial charge is 0.220 e. The molecule has 3 heterocycles. The van der Waals surface area contributed by atoms with Crippen molar-refractivity contribution in [3.05, 3.63) is 48.1 Å². The summed E-state index contributed by atoms with van der Waals surface area (Å²) in [5, 5.41) is 8.90. The van der Waals surface area contributed by atoms with Crippen molar-refractivity contribution < 1.29 is 9.21 Å². The SMILES string of the molecule is O=C(CCCn1cccn1)NCc1ncc(-c2cccs2)o1. The molecule has 1 N–H and O–H groups in total. The van der Waals surface area contributed by atoms with Crippen LogP contribution in [0.2, 0.25) is 0 Å². The number of nitrogens with one attached hydrogen (secondary N) is 1. The summed E-state index contributed by atoms with van der Waals surface area (Å²) in [4.78, 5) is 17.0. The third-order valence-corrected chi connectivity index (χ3v) is 3.99. The molecule has 6 nitrogen and oxygen atoms in total. The predicted molar refractivity (Wildman–Crippen MR) is 83.1 cm³/mol. The van der Waals surface area contributed by atoms with Crippen LogP contribution in [0, 0.1) is 0 Å². The number of amides is 1. The van der Waals surface area contributed by atoms with E-state index in [1.165, 1.54) is 0 Å². The number of hydrogen-bond donors (Lipinski definition) is 1. The minimum absolute atomic E-state index is 0.0111. The molecule has 3 rings (SSSR count). The molecule has 114 valence electrons. The Morgan fingerprint density at radius 2 is 2.36 bits per heavy atom. The summed E-state index contributed by atoms with van der Waals surface area (Å²) in [6, 6.07) is 5.81. The van der Waals surface area contributed by atoms with Gasteiger partial charge in [0.05, 0.1) is 17.6 Å². The maximum Gasteiger partial charge on any atom is 0.220 e.